The number of piperidine rings is 1. The molecule has 9 nitrogen and oxygen atoms in total. The van der Waals surface area contributed by atoms with Crippen molar-refractivity contribution in [2.75, 3.05) is 32.2 Å². The maximum Gasteiger partial charge on any atom is 0.321 e. The number of carbonyl (C=O) groups is 1. The van der Waals surface area contributed by atoms with Crippen molar-refractivity contribution in [1.29, 1.82) is 0 Å². The summed E-state index contributed by atoms with van der Waals surface area (Å²) in [6, 6.07) is 7.41. The fraction of sp³-hybridized carbons (Fsp3) is 0.400. The highest BCUT2D eigenvalue weighted by molar-refractivity contribution is 5.97. The number of ether oxygens (including phenoxy) is 2. The number of furan rings is 1. The highest BCUT2D eigenvalue weighted by Crippen LogP contribution is 2.28. The van der Waals surface area contributed by atoms with E-state index < -0.39 is 0 Å². The fourth-order valence-corrected chi connectivity index (χ4v) is 3.35. The van der Waals surface area contributed by atoms with Gasteiger partial charge >= 0.3 is 6.01 Å². The van der Waals surface area contributed by atoms with Gasteiger partial charge in [-0.05, 0) is 31.4 Å². The molecule has 3 heterocycles. The first-order valence-electron chi connectivity index (χ1n) is 9.56. The SMILES string of the molecule is COc1nc(CNC(=O)c2cc3cccc(OC)c3o2)nc(N2CCCCC2)n1. The van der Waals surface area contributed by atoms with Gasteiger partial charge in [-0.15, -0.1) is 0 Å². The van der Waals surface area contributed by atoms with Crippen LogP contribution in [0.3, 0.4) is 0 Å². The van der Waals surface area contributed by atoms with Crippen LogP contribution in [-0.2, 0) is 6.54 Å². The molecule has 29 heavy (non-hydrogen) atoms. The molecule has 2 aromatic heterocycles. The first-order chi connectivity index (χ1) is 14.2. The predicted molar refractivity (Wildman–Crippen MR) is 106 cm³/mol. The molecule has 1 aromatic carbocycles. The van der Waals surface area contributed by atoms with Crippen LogP contribution in [0.25, 0.3) is 11.0 Å². The van der Waals surface area contributed by atoms with Gasteiger partial charge in [-0.25, -0.2) is 0 Å². The number of fused-ring (bicyclic) bond motifs is 1. The lowest BCUT2D eigenvalue weighted by molar-refractivity contribution is 0.0924. The monoisotopic (exact) mass is 397 g/mol. The standard InChI is InChI=1S/C20H23N5O4/c1-27-14-8-6-7-13-11-15(29-17(13)14)18(26)21-12-16-22-19(24-20(23-16)28-2)25-9-4-3-5-10-25/h6-8,11H,3-5,9-10,12H2,1-2H3,(H,21,26). The molecular formula is C20H23N5O4. The summed E-state index contributed by atoms with van der Waals surface area (Å²) in [5.74, 6) is 1.42. The Hall–Kier alpha value is -3.36. The lowest BCUT2D eigenvalue weighted by Crippen LogP contribution is -2.32. The number of rotatable bonds is 6. The minimum absolute atomic E-state index is 0.132. The van der Waals surface area contributed by atoms with E-state index >= 15 is 0 Å². The van der Waals surface area contributed by atoms with Gasteiger partial charge < -0.3 is 24.1 Å². The van der Waals surface area contributed by atoms with Crippen LogP contribution in [0.4, 0.5) is 5.95 Å². The maximum atomic E-state index is 12.6. The summed E-state index contributed by atoms with van der Waals surface area (Å²) < 4.78 is 16.2. The molecule has 1 saturated heterocycles. The van der Waals surface area contributed by atoms with Crippen molar-refractivity contribution in [3.63, 3.8) is 0 Å². The summed E-state index contributed by atoms with van der Waals surface area (Å²) in [7, 11) is 3.07. The zero-order valence-corrected chi connectivity index (χ0v) is 16.5. The molecule has 0 spiro atoms. The Morgan fingerprint density at radius 1 is 1.14 bits per heavy atom. The fourth-order valence-electron chi connectivity index (χ4n) is 3.35. The third-order valence-corrected chi connectivity index (χ3v) is 4.83. The number of anilines is 1. The minimum Gasteiger partial charge on any atom is -0.493 e. The summed E-state index contributed by atoms with van der Waals surface area (Å²) >= 11 is 0. The average molecular weight is 397 g/mol. The van der Waals surface area contributed by atoms with Gasteiger partial charge in [0.05, 0.1) is 20.8 Å². The van der Waals surface area contributed by atoms with Gasteiger partial charge in [-0.1, -0.05) is 12.1 Å². The summed E-state index contributed by atoms with van der Waals surface area (Å²) in [4.78, 5) is 27.8. The lowest BCUT2D eigenvalue weighted by atomic mass is 10.1. The van der Waals surface area contributed by atoms with E-state index in [4.69, 9.17) is 13.9 Å². The van der Waals surface area contributed by atoms with Crippen LogP contribution in [0.1, 0.15) is 35.6 Å². The van der Waals surface area contributed by atoms with Crippen molar-refractivity contribution >= 4 is 22.8 Å². The molecular weight excluding hydrogens is 374 g/mol. The summed E-state index contributed by atoms with van der Waals surface area (Å²) in [6.45, 7) is 1.94. The highest BCUT2D eigenvalue weighted by atomic mass is 16.5. The van der Waals surface area contributed by atoms with Gasteiger partial charge in [-0.2, -0.15) is 15.0 Å². The van der Waals surface area contributed by atoms with Crippen LogP contribution in [0.5, 0.6) is 11.8 Å². The molecule has 1 fully saturated rings. The second-order valence-corrected chi connectivity index (χ2v) is 6.76. The Balaban J connectivity index is 1.50. The van der Waals surface area contributed by atoms with Crippen LogP contribution < -0.4 is 19.7 Å². The number of hydrogen-bond donors (Lipinski definition) is 1. The summed E-state index contributed by atoms with van der Waals surface area (Å²) in [5.41, 5.74) is 0.536. The van der Waals surface area contributed by atoms with Crippen LogP contribution in [0.2, 0.25) is 0 Å². The minimum atomic E-state index is -0.359. The van der Waals surface area contributed by atoms with Crippen molar-refractivity contribution in [2.24, 2.45) is 0 Å². The molecule has 0 radical (unpaired) electrons. The lowest BCUT2D eigenvalue weighted by Gasteiger charge is -2.26. The van der Waals surface area contributed by atoms with Crippen LogP contribution >= 0.6 is 0 Å². The van der Waals surface area contributed by atoms with Crippen LogP contribution in [0, 0.1) is 0 Å². The molecule has 0 bridgehead atoms. The van der Waals surface area contributed by atoms with Crippen molar-refractivity contribution in [3.05, 3.63) is 35.9 Å². The molecule has 1 aliphatic heterocycles. The van der Waals surface area contributed by atoms with Gasteiger partial charge in [0.1, 0.15) is 0 Å². The van der Waals surface area contributed by atoms with E-state index in [2.05, 4.69) is 25.2 Å². The summed E-state index contributed by atoms with van der Waals surface area (Å²) in [6.07, 6.45) is 3.43. The first kappa shape index (κ1) is 19.0. The van der Waals surface area contributed by atoms with E-state index in [9.17, 15) is 4.79 Å². The molecule has 0 aliphatic carbocycles. The third-order valence-electron chi connectivity index (χ3n) is 4.83. The Labute approximate surface area is 168 Å². The van der Waals surface area contributed by atoms with E-state index in [1.807, 2.05) is 12.1 Å². The molecule has 1 amide bonds. The second-order valence-electron chi connectivity index (χ2n) is 6.76. The first-order valence-corrected chi connectivity index (χ1v) is 9.56. The van der Waals surface area contributed by atoms with Crippen molar-refractivity contribution in [3.8, 4) is 11.8 Å². The maximum absolute atomic E-state index is 12.6. The second kappa shape index (κ2) is 8.34. The number of para-hydroxylation sites is 1. The zero-order valence-electron chi connectivity index (χ0n) is 16.5. The van der Waals surface area contributed by atoms with Gasteiger partial charge in [0.15, 0.2) is 22.9 Å². The van der Waals surface area contributed by atoms with E-state index in [1.165, 1.54) is 13.5 Å². The number of aromatic nitrogens is 3. The number of nitrogens with zero attached hydrogens (tertiary/aromatic N) is 4. The largest absolute Gasteiger partial charge is 0.493 e. The molecule has 1 aliphatic rings. The van der Waals surface area contributed by atoms with Crippen LogP contribution in [0.15, 0.2) is 28.7 Å². The number of methoxy groups -OCH3 is 2. The Morgan fingerprint density at radius 2 is 1.97 bits per heavy atom. The molecule has 9 heteroatoms. The highest BCUT2D eigenvalue weighted by Gasteiger charge is 2.18. The molecule has 0 atom stereocenters. The van der Waals surface area contributed by atoms with E-state index in [-0.39, 0.29) is 24.2 Å². The van der Waals surface area contributed by atoms with Gasteiger partial charge in [0.25, 0.3) is 5.91 Å². The Bertz CT molecular complexity index is 1010. The molecule has 1 N–H and O–H groups in total. The number of nitrogens with one attached hydrogen (secondary N) is 1. The number of carbonyl (C=O) groups excluding carboxylic acids is 1. The van der Waals surface area contributed by atoms with Crippen molar-refractivity contribution in [2.45, 2.75) is 25.8 Å². The van der Waals surface area contributed by atoms with Gasteiger partial charge in [0, 0.05) is 18.5 Å². The Morgan fingerprint density at radius 3 is 2.72 bits per heavy atom. The molecule has 0 unspecified atom stereocenters. The molecule has 4 rings (SSSR count). The summed E-state index contributed by atoms with van der Waals surface area (Å²) in [5, 5.41) is 3.59. The number of benzene rings is 1. The molecule has 3 aromatic rings. The van der Waals surface area contributed by atoms with Gasteiger partial charge in [-0.3, -0.25) is 4.79 Å². The van der Waals surface area contributed by atoms with Crippen LogP contribution in [-0.4, -0.2) is 48.2 Å². The quantitative estimate of drug-likeness (QED) is 0.677. The smallest absolute Gasteiger partial charge is 0.321 e. The number of hydrogen-bond acceptors (Lipinski definition) is 8. The number of amides is 1. The van der Waals surface area contributed by atoms with E-state index in [1.54, 1.807) is 19.2 Å². The van der Waals surface area contributed by atoms with Gasteiger partial charge in [0.2, 0.25) is 5.95 Å². The average Bonchev–Trinajstić information content (AvgIpc) is 3.22. The predicted octanol–water partition coefficient (Wildman–Crippen LogP) is 2.56. The normalized spacial score (nSPS) is 14.1. The van der Waals surface area contributed by atoms with E-state index in [0.717, 1.165) is 31.3 Å². The molecule has 152 valence electrons. The Kier molecular flexibility index (Phi) is 5.46. The topological polar surface area (TPSA) is 103 Å². The van der Waals surface area contributed by atoms with Crippen molar-refractivity contribution < 1.29 is 18.7 Å². The van der Waals surface area contributed by atoms with Crippen molar-refractivity contribution in [1.82, 2.24) is 20.3 Å². The third kappa shape index (κ3) is 4.08. The molecule has 0 saturated carbocycles. The zero-order chi connectivity index (χ0) is 20.2. The van der Waals surface area contributed by atoms with E-state index in [0.29, 0.717) is 23.1 Å².